The molecule has 0 saturated heterocycles. The predicted molar refractivity (Wildman–Crippen MR) is 149 cm³/mol. The van der Waals surface area contributed by atoms with E-state index in [1.807, 2.05) is 0 Å². The number of amides is 3. The molecule has 3 atom stereocenters. The molecule has 0 rings (SSSR count). The van der Waals surface area contributed by atoms with Crippen LogP contribution >= 0.6 is 0 Å². The number of carboxylic acids is 3. The number of Topliss-reactive ketones (excluding diaryl/α,β-unsaturated/α-hetero) is 1. The summed E-state index contributed by atoms with van der Waals surface area (Å²) in [6.45, 7) is 1.23. The molecule has 0 aliphatic heterocycles. The van der Waals surface area contributed by atoms with E-state index in [1.165, 1.54) is 0 Å². The van der Waals surface area contributed by atoms with Gasteiger partial charge in [0.1, 0.15) is 24.0 Å². The summed E-state index contributed by atoms with van der Waals surface area (Å²) in [6, 6.07) is -3.81. The Morgan fingerprint density at radius 2 is 1.31 bits per heavy atom. The highest BCUT2D eigenvalue weighted by molar-refractivity contribution is 5.86. The number of aliphatic carboxylic acids is 3. The van der Waals surface area contributed by atoms with Crippen molar-refractivity contribution in [3.8, 4) is 0 Å². The van der Waals surface area contributed by atoms with Crippen LogP contribution in [0.25, 0.3) is 0 Å². The molecule has 0 spiro atoms. The van der Waals surface area contributed by atoms with Gasteiger partial charge in [-0.2, -0.15) is 0 Å². The SMILES string of the molecule is NCCCC[C@H](CC(=O)CCCCCCC(=O)NCCCC[C@H](NC(=O)N[C@@H](CCC(=O)O)C(=O)O)C(=O)O)OC=O. The molecule has 15 nitrogen and oxygen atoms in total. The summed E-state index contributed by atoms with van der Waals surface area (Å²) < 4.78 is 4.98. The predicted octanol–water partition coefficient (Wildman–Crippen LogP) is 1.31. The molecule has 0 unspecified atom stereocenters. The monoisotopic (exact) mass is 602 g/mol. The van der Waals surface area contributed by atoms with Crippen LogP contribution < -0.4 is 21.7 Å². The van der Waals surface area contributed by atoms with Gasteiger partial charge in [-0.25, -0.2) is 14.4 Å². The molecule has 0 radical (unpaired) electrons. The lowest BCUT2D eigenvalue weighted by Gasteiger charge is -2.18. The molecule has 0 saturated carbocycles. The fourth-order valence-corrected chi connectivity index (χ4v) is 4.06. The molecule has 15 heteroatoms. The number of carbonyl (C=O) groups is 7. The summed E-state index contributed by atoms with van der Waals surface area (Å²) in [5, 5.41) is 34.1. The molecule has 8 N–H and O–H groups in total. The summed E-state index contributed by atoms with van der Waals surface area (Å²) in [5.41, 5.74) is 5.45. The number of nitrogens with two attached hydrogens (primary N) is 1. The molecule has 3 amide bonds. The van der Waals surface area contributed by atoms with Gasteiger partial charge in [-0.3, -0.25) is 19.2 Å². The maximum absolute atomic E-state index is 12.1. The van der Waals surface area contributed by atoms with Crippen LogP contribution in [-0.2, 0) is 33.5 Å². The highest BCUT2D eigenvalue weighted by Crippen LogP contribution is 2.13. The second-order valence-corrected chi connectivity index (χ2v) is 9.97. The Morgan fingerprint density at radius 3 is 1.88 bits per heavy atom. The summed E-state index contributed by atoms with van der Waals surface area (Å²) in [5.74, 6) is -4.10. The summed E-state index contributed by atoms with van der Waals surface area (Å²) in [4.78, 5) is 80.0. The first-order valence-electron chi connectivity index (χ1n) is 14.3. The second-order valence-electron chi connectivity index (χ2n) is 9.97. The number of nitrogens with one attached hydrogen (secondary N) is 3. The minimum absolute atomic E-state index is 0.0357. The van der Waals surface area contributed by atoms with Gasteiger partial charge in [0.15, 0.2) is 0 Å². The van der Waals surface area contributed by atoms with Crippen LogP contribution in [0, 0.1) is 0 Å². The van der Waals surface area contributed by atoms with Crippen LogP contribution in [0.1, 0.15) is 96.3 Å². The molecule has 0 aromatic carbocycles. The lowest BCUT2D eigenvalue weighted by molar-refractivity contribution is -0.141. The largest absolute Gasteiger partial charge is 0.481 e. The van der Waals surface area contributed by atoms with E-state index in [0.717, 1.165) is 25.7 Å². The fourth-order valence-electron chi connectivity index (χ4n) is 4.06. The van der Waals surface area contributed by atoms with Gasteiger partial charge in [-0.05, 0) is 64.3 Å². The third-order valence-electron chi connectivity index (χ3n) is 6.39. The van der Waals surface area contributed by atoms with Crippen molar-refractivity contribution in [1.29, 1.82) is 0 Å². The zero-order chi connectivity index (χ0) is 31.8. The van der Waals surface area contributed by atoms with Crippen molar-refractivity contribution in [1.82, 2.24) is 16.0 Å². The number of urea groups is 1. The van der Waals surface area contributed by atoms with E-state index in [9.17, 15) is 38.7 Å². The summed E-state index contributed by atoms with van der Waals surface area (Å²) in [6.07, 6.45) is 5.62. The summed E-state index contributed by atoms with van der Waals surface area (Å²) in [7, 11) is 0. The third kappa shape index (κ3) is 21.1. The standard InChI is InChI=1S/C27H46N4O11/c28-15-7-5-10-20(42-18-32)17-19(33)9-3-1-2-4-12-23(34)29-16-8-6-11-21(25(37)38)30-27(41)31-22(26(39)40)13-14-24(35)36/h18,20-22H,1-17,28H2,(H,29,34)(H,35,36)(H,37,38)(H,39,40)(H2,30,31,41)/t20-,21+,22+/m1/s1. The van der Waals surface area contributed by atoms with Gasteiger partial charge < -0.3 is 41.7 Å². The van der Waals surface area contributed by atoms with E-state index in [-0.39, 0.29) is 31.0 Å². The molecule has 0 fully saturated rings. The highest BCUT2D eigenvalue weighted by Gasteiger charge is 2.24. The van der Waals surface area contributed by atoms with Gasteiger partial charge in [0, 0.05) is 32.2 Å². The quantitative estimate of drug-likeness (QED) is 0.0519. The van der Waals surface area contributed by atoms with E-state index >= 15 is 0 Å². The Labute approximate surface area is 245 Å². The second kappa shape index (κ2) is 23.9. The highest BCUT2D eigenvalue weighted by atomic mass is 16.5. The Bertz CT molecular complexity index is 869. The van der Waals surface area contributed by atoms with E-state index in [2.05, 4.69) is 16.0 Å². The van der Waals surface area contributed by atoms with Crippen LogP contribution in [0.4, 0.5) is 4.79 Å². The van der Waals surface area contributed by atoms with Crippen LogP contribution in [-0.4, -0.2) is 88.7 Å². The Balaban J connectivity index is 4.08. The van der Waals surface area contributed by atoms with E-state index < -0.39 is 48.5 Å². The number of ether oxygens (including phenoxy) is 1. The van der Waals surface area contributed by atoms with Crippen molar-refractivity contribution >= 4 is 42.1 Å². The smallest absolute Gasteiger partial charge is 0.326 e. The van der Waals surface area contributed by atoms with Gasteiger partial charge in [0.2, 0.25) is 5.91 Å². The normalized spacial score (nSPS) is 12.8. The molecule has 240 valence electrons. The maximum Gasteiger partial charge on any atom is 0.326 e. The van der Waals surface area contributed by atoms with Crippen molar-refractivity contribution in [3.63, 3.8) is 0 Å². The number of carboxylic acid groups (broad SMARTS) is 3. The molecule has 42 heavy (non-hydrogen) atoms. The molecular weight excluding hydrogens is 556 g/mol. The van der Waals surface area contributed by atoms with Crippen molar-refractivity contribution in [2.75, 3.05) is 13.1 Å². The van der Waals surface area contributed by atoms with Gasteiger partial charge in [-0.1, -0.05) is 12.8 Å². The fraction of sp³-hybridized carbons (Fsp3) is 0.741. The van der Waals surface area contributed by atoms with Gasteiger partial charge in [-0.15, -0.1) is 0 Å². The first kappa shape index (κ1) is 38.2. The van der Waals surface area contributed by atoms with E-state index in [0.29, 0.717) is 64.5 Å². The lowest BCUT2D eigenvalue weighted by atomic mass is 10.0. The molecule has 0 aromatic heterocycles. The Hall–Kier alpha value is -3.75. The Morgan fingerprint density at radius 1 is 0.714 bits per heavy atom. The topological polar surface area (TPSA) is 252 Å². The van der Waals surface area contributed by atoms with Gasteiger partial charge in [0.05, 0.1) is 0 Å². The Kier molecular flexibility index (Phi) is 21.8. The summed E-state index contributed by atoms with van der Waals surface area (Å²) >= 11 is 0. The zero-order valence-corrected chi connectivity index (χ0v) is 24.0. The molecule has 0 heterocycles. The zero-order valence-electron chi connectivity index (χ0n) is 24.0. The van der Waals surface area contributed by atoms with E-state index in [1.54, 1.807) is 0 Å². The molecule has 0 aromatic rings. The van der Waals surface area contributed by atoms with Gasteiger partial charge >= 0.3 is 23.9 Å². The van der Waals surface area contributed by atoms with Crippen molar-refractivity contribution < 1.29 is 53.6 Å². The third-order valence-corrected chi connectivity index (χ3v) is 6.39. The number of ketones is 1. The molecule has 0 aliphatic carbocycles. The first-order chi connectivity index (χ1) is 20.0. The molecule has 0 aliphatic rings. The minimum Gasteiger partial charge on any atom is -0.481 e. The van der Waals surface area contributed by atoms with Crippen molar-refractivity contribution in [2.45, 2.75) is 114 Å². The van der Waals surface area contributed by atoms with Crippen molar-refractivity contribution in [2.24, 2.45) is 5.73 Å². The first-order valence-corrected chi connectivity index (χ1v) is 14.3. The van der Waals surface area contributed by atoms with Crippen LogP contribution in [0.15, 0.2) is 0 Å². The van der Waals surface area contributed by atoms with Gasteiger partial charge in [0.25, 0.3) is 6.47 Å². The molecule has 0 bridgehead atoms. The van der Waals surface area contributed by atoms with Crippen LogP contribution in [0.2, 0.25) is 0 Å². The lowest BCUT2D eigenvalue weighted by Crippen LogP contribution is -2.51. The number of rotatable bonds is 27. The number of hydrogen-bond acceptors (Lipinski definition) is 9. The van der Waals surface area contributed by atoms with E-state index in [4.69, 9.17) is 20.7 Å². The average Bonchev–Trinajstić information content (AvgIpc) is 2.91. The minimum atomic E-state index is -1.48. The van der Waals surface area contributed by atoms with Crippen LogP contribution in [0.3, 0.4) is 0 Å². The number of unbranched alkanes of at least 4 members (excludes halogenated alkanes) is 5. The van der Waals surface area contributed by atoms with Crippen LogP contribution in [0.5, 0.6) is 0 Å². The average molecular weight is 603 g/mol. The van der Waals surface area contributed by atoms with Crippen molar-refractivity contribution in [3.05, 3.63) is 0 Å². The maximum atomic E-state index is 12.1. The number of hydrogen-bond donors (Lipinski definition) is 7. The number of carbonyl (C=O) groups excluding carboxylic acids is 4. The molecular formula is C27H46N4O11.